The molecule has 0 saturated carbocycles. The molecule has 0 aliphatic carbocycles. The molecule has 0 atom stereocenters. The number of rotatable bonds is 5. The van der Waals surface area contributed by atoms with Crippen LogP contribution in [0.3, 0.4) is 0 Å². The van der Waals surface area contributed by atoms with E-state index in [-0.39, 0.29) is 11.4 Å². The van der Waals surface area contributed by atoms with Crippen molar-refractivity contribution in [1.29, 1.82) is 0 Å². The van der Waals surface area contributed by atoms with Crippen molar-refractivity contribution >= 4 is 15.7 Å². The molecular formula is C14H17N3O2S. The fourth-order valence-corrected chi connectivity index (χ4v) is 3.25. The molecule has 2 aromatic rings. The second-order valence-corrected chi connectivity index (χ2v) is 6.38. The Morgan fingerprint density at radius 1 is 1.20 bits per heavy atom. The van der Waals surface area contributed by atoms with E-state index in [2.05, 4.69) is 10.3 Å². The molecule has 0 aliphatic heterocycles. The lowest BCUT2D eigenvalue weighted by Crippen LogP contribution is -2.27. The number of anilines is 1. The topological polar surface area (TPSA) is 62.3 Å². The van der Waals surface area contributed by atoms with Crippen LogP contribution in [-0.4, -0.2) is 31.8 Å². The SMILES string of the molecule is CNc1ccccc1S(=O)(=O)N(C)Cc1cccnc1. The van der Waals surface area contributed by atoms with E-state index in [0.29, 0.717) is 5.69 Å². The molecule has 1 aromatic carbocycles. The molecule has 0 unspecified atom stereocenters. The van der Waals surface area contributed by atoms with Crippen molar-refractivity contribution in [1.82, 2.24) is 9.29 Å². The van der Waals surface area contributed by atoms with Crippen molar-refractivity contribution in [3.8, 4) is 0 Å². The van der Waals surface area contributed by atoms with Gasteiger partial charge >= 0.3 is 0 Å². The Hall–Kier alpha value is -1.92. The van der Waals surface area contributed by atoms with Gasteiger partial charge in [0.15, 0.2) is 0 Å². The zero-order chi connectivity index (χ0) is 14.6. The van der Waals surface area contributed by atoms with Gasteiger partial charge in [-0.25, -0.2) is 8.42 Å². The van der Waals surface area contributed by atoms with Crippen LogP contribution in [0.5, 0.6) is 0 Å². The van der Waals surface area contributed by atoms with Crippen LogP contribution in [0, 0.1) is 0 Å². The highest BCUT2D eigenvalue weighted by Gasteiger charge is 2.23. The molecule has 0 amide bonds. The summed E-state index contributed by atoms with van der Waals surface area (Å²) >= 11 is 0. The van der Waals surface area contributed by atoms with Crippen molar-refractivity contribution in [3.05, 3.63) is 54.4 Å². The van der Waals surface area contributed by atoms with E-state index in [4.69, 9.17) is 0 Å². The Bertz CT molecular complexity index is 672. The maximum Gasteiger partial charge on any atom is 0.245 e. The summed E-state index contributed by atoms with van der Waals surface area (Å²) in [6.07, 6.45) is 3.32. The predicted octanol–water partition coefficient (Wildman–Crippen LogP) is 1.94. The highest BCUT2D eigenvalue weighted by molar-refractivity contribution is 7.89. The lowest BCUT2D eigenvalue weighted by atomic mass is 10.3. The number of sulfonamides is 1. The van der Waals surface area contributed by atoms with Crippen molar-refractivity contribution in [3.63, 3.8) is 0 Å². The molecule has 0 fully saturated rings. The Balaban J connectivity index is 2.30. The van der Waals surface area contributed by atoms with Crippen molar-refractivity contribution in [2.24, 2.45) is 0 Å². The summed E-state index contributed by atoms with van der Waals surface area (Å²) in [7, 11) is -0.269. The molecule has 1 heterocycles. The first-order chi connectivity index (χ1) is 9.55. The molecular weight excluding hydrogens is 274 g/mol. The summed E-state index contributed by atoms with van der Waals surface area (Å²) in [6, 6.07) is 10.5. The first-order valence-electron chi connectivity index (χ1n) is 6.17. The Kier molecular flexibility index (Phi) is 4.36. The summed E-state index contributed by atoms with van der Waals surface area (Å²) in [5, 5.41) is 2.90. The van der Waals surface area contributed by atoms with Crippen LogP contribution in [0.1, 0.15) is 5.56 Å². The van der Waals surface area contributed by atoms with Gasteiger partial charge in [-0.15, -0.1) is 0 Å². The summed E-state index contributed by atoms with van der Waals surface area (Å²) in [5.41, 5.74) is 1.44. The van der Waals surface area contributed by atoms with Gasteiger partial charge in [0.25, 0.3) is 0 Å². The van der Waals surface area contributed by atoms with E-state index >= 15 is 0 Å². The zero-order valence-electron chi connectivity index (χ0n) is 11.4. The standard InChI is InChI=1S/C14H17N3O2S/c1-15-13-7-3-4-8-14(13)20(18,19)17(2)11-12-6-5-9-16-10-12/h3-10,15H,11H2,1-2H3. The summed E-state index contributed by atoms with van der Waals surface area (Å²) in [5.74, 6) is 0. The lowest BCUT2D eigenvalue weighted by molar-refractivity contribution is 0.466. The predicted molar refractivity (Wildman–Crippen MR) is 78.9 cm³/mol. The van der Waals surface area contributed by atoms with Crippen LogP contribution in [0.2, 0.25) is 0 Å². The second-order valence-electron chi connectivity index (χ2n) is 4.37. The number of pyridine rings is 1. The molecule has 0 bridgehead atoms. The van der Waals surface area contributed by atoms with Crippen LogP contribution in [0.4, 0.5) is 5.69 Å². The minimum Gasteiger partial charge on any atom is -0.387 e. The Morgan fingerprint density at radius 2 is 1.95 bits per heavy atom. The van der Waals surface area contributed by atoms with Crippen LogP contribution < -0.4 is 5.32 Å². The zero-order valence-corrected chi connectivity index (χ0v) is 12.3. The number of hydrogen-bond acceptors (Lipinski definition) is 4. The average Bonchev–Trinajstić information content (AvgIpc) is 2.48. The van der Waals surface area contributed by atoms with E-state index in [9.17, 15) is 8.42 Å². The molecule has 1 aromatic heterocycles. The first-order valence-corrected chi connectivity index (χ1v) is 7.61. The van der Waals surface area contributed by atoms with Gasteiger partial charge in [-0.3, -0.25) is 4.98 Å². The van der Waals surface area contributed by atoms with Crippen molar-refractivity contribution < 1.29 is 8.42 Å². The van der Waals surface area contributed by atoms with E-state index in [1.807, 2.05) is 6.07 Å². The quantitative estimate of drug-likeness (QED) is 0.914. The molecule has 2 rings (SSSR count). The van der Waals surface area contributed by atoms with Gasteiger partial charge in [-0.2, -0.15) is 4.31 Å². The molecule has 6 heteroatoms. The van der Waals surface area contributed by atoms with Crippen LogP contribution in [0.25, 0.3) is 0 Å². The highest BCUT2D eigenvalue weighted by atomic mass is 32.2. The van der Waals surface area contributed by atoms with Crippen LogP contribution in [0.15, 0.2) is 53.7 Å². The number of aromatic nitrogens is 1. The summed E-state index contributed by atoms with van der Waals surface area (Å²) in [6.45, 7) is 0.286. The maximum absolute atomic E-state index is 12.6. The fraction of sp³-hybridized carbons (Fsp3) is 0.214. The Labute approximate surface area is 119 Å². The molecule has 0 radical (unpaired) electrons. The number of benzene rings is 1. The smallest absolute Gasteiger partial charge is 0.245 e. The third kappa shape index (κ3) is 2.97. The third-order valence-electron chi connectivity index (χ3n) is 2.97. The molecule has 0 spiro atoms. The van der Waals surface area contributed by atoms with Gasteiger partial charge in [0.1, 0.15) is 4.90 Å². The summed E-state index contributed by atoms with van der Waals surface area (Å²) in [4.78, 5) is 4.26. The number of nitrogens with one attached hydrogen (secondary N) is 1. The number of hydrogen-bond donors (Lipinski definition) is 1. The summed E-state index contributed by atoms with van der Waals surface area (Å²) < 4.78 is 26.5. The van der Waals surface area contributed by atoms with Gasteiger partial charge < -0.3 is 5.32 Å². The van der Waals surface area contributed by atoms with E-state index in [1.165, 1.54) is 4.31 Å². The number of nitrogens with zero attached hydrogens (tertiary/aromatic N) is 2. The second kappa shape index (κ2) is 6.02. The van der Waals surface area contributed by atoms with Gasteiger partial charge in [0.05, 0.1) is 5.69 Å². The largest absolute Gasteiger partial charge is 0.387 e. The van der Waals surface area contributed by atoms with Gasteiger partial charge in [0, 0.05) is 33.0 Å². The van der Waals surface area contributed by atoms with Gasteiger partial charge in [0.2, 0.25) is 10.0 Å². The first kappa shape index (κ1) is 14.5. The van der Waals surface area contributed by atoms with Crippen LogP contribution in [-0.2, 0) is 16.6 Å². The minimum absolute atomic E-state index is 0.272. The Morgan fingerprint density at radius 3 is 2.60 bits per heavy atom. The molecule has 0 saturated heterocycles. The van der Waals surface area contributed by atoms with Crippen molar-refractivity contribution in [2.75, 3.05) is 19.4 Å². The maximum atomic E-state index is 12.6. The van der Waals surface area contributed by atoms with Gasteiger partial charge in [-0.05, 0) is 23.8 Å². The molecule has 5 nitrogen and oxygen atoms in total. The third-order valence-corrected chi connectivity index (χ3v) is 4.83. The fourth-order valence-electron chi connectivity index (χ4n) is 1.90. The van der Waals surface area contributed by atoms with E-state index < -0.39 is 10.0 Å². The average molecular weight is 291 g/mol. The van der Waals surface area contributed by atoms with E-state index in [0.717, 1.165) is 5.56 Å². The molecule has 20 heavy (non-hydrogen) atoms. The van der Waals surface area contributed by atoms with Gasteiger partial charge in [-0.1, -0.05) is 18.2 Å². The van der Waals surface area contributed by atoms with Crippen LogP contribution >= 0.6 is 0 Å². The minimum atomic E-state index is -3.54. The monoisotopic (exact) mass is 291 g/mol. The highest BCUT2D eigenvalue weighted by Crippen LogP contribution is 2.24. The molecule has 1 N–H and O–H groups in total. The lowest BCUT2D eigenvalue weighted by Gasteiger charge is -2.19. The molecule has 106 valence electrons. The normalized spacial score (nSPS) is 11.6. The molecule has 0 aliphatic rings. The number of para-hydroxylation sites is 1. The van der Waals surface area contributed by atoms with E-state index in [1.54, 1.807) is 56.8 Å². The van der Waals surface area contributed by atoms with Crippen molar-refractivity contribution in [2.45, 2.75) is 11.4 Å².